The lowest BCUT2D eigenvalue weighted by Gasteiger charge is -2.13. The van der Waals surface area contributed by atoms with Gasteiger partial charge >= 0.3 is 0 Å². The largest absolute Gasteiger partial charge is 0.482 e. The second kappa shape index (κ2) is 12.0. The van der Waals surface area contributed by atoms with Gasteiger partial charge in [-0.2, -0.15) is 5.26 Å². The second-order valence-corrected chi connectivity index (χ2v) is 9.42. The summed E-state index contributed by atoms with van der Waals surface area (Å²) in [7, 11) is 0. The highest BCUT2D eigenvalue weighted by molar-refractivity contribution is 9.11. The number of rotatable bonds is 7. The van der Waals surface area contributed by atoms with Crippen LogP contribution in [-0.4, -0.2) is 18.4 Å². The molecule has 0 aromatic heterocycles. The van der Waals surface area contributed by atoms with E-state index in [0.29, 0.717) is 41.7 Å². The van der Waals surface area contributed by atoms with Crippen molar-refractivity contribution in [3.05, 3.63) is 90.8 Å². The van der Waals surface area contributed by atoms with Gasteiger partial charge in [0, 0.05) is 31.5 Å². The number of halogens is 4. The molecule has 3 aromatic carbocycles. The fraction of sp³-hybridized carbons (Fsp3) is 0.0417. The Hall–Kier alpha value is -2.83. The van der Waals surface area contributed by atoms with Gasteiger partial charge in [-0.3, -0.25) is 9.59 Å². The molecule has 0 atom stereocenters. The van der Waals surface area contributed by atoms with Crippen molar-refractivity contribution in [2.24, 2.45) is 0 Å². The van der Waals surface area contributed by atoms with E-state index in [1.807, 2.05) is 6.07 Å². The quantitative estimate of drug-likeness (QED) is 0.217. The van der Waals surface area contributed by atoms with Gasteiger partial charge in [-0.1, -0.05) is 39.1 Å². The third kappa shape index (κ3) is 7.34. The van der Waals surface area contributed by atoms with Gasteiger partial charge in [0.15, 0.2) is 6.61 Å². The zero-order valence-electron chi connectivity index (χ0n) is 17.2. The number of hydrogen-bond donors (Lipinski definition) is 2. The number of nitrogens with one attached hydrogen (secondary N) is 2. The molecule has 3 rings (SSSR count). The van der Waals surface area contributed by atoms with Gasteiger partial charge in [0.2, 0.25) is 0 Å². The average Bonchev–Trinajstić information content (AvgIpc) is 2.79. The highest BCUT2D eigenvalue weighted by Gasteiger charge is 2.15. The first-order valence-corrected chi connectivity index (χ1v) is 12.0. The molecule has 3 aromatic rings. The minimum atomic E-state index is -0.604. The van der Waals surface area contributed by atoms with Crippen LogP contribution in [0, 0.1) is 11.3 Å². The predicted octanol–water partition coefficient (Wildman–Crippen LogP) is 7.08. The van der Waals surface area contributed by atoms with Crippen LogP contribution >= 0.6 is 55.1 Å². The van der Waals surface area contributed by atoms with Crippen molar-refractivity contribution in [3.63, 3.8) is 0 Å². The molecule has 0 spiro atoms. The van der Waals surface area contributed by atoms with Crippen molar-refractivity contribution in [3.8, 4) is 11.8 Å². The van der Waals surface area contributed by atoms with Gasteiger partial charge in [-0.05, 0) is 82.7 Å². The van der Waals surface area contributed by atoms with Crippen LogP contribution in [0.1, 0.15) is 5.56 Å². The van der Waals surface area contributed by atoms with Crippen LogP contribution in [0.3, 0.4) is 0 Å². The Kier molecular flexibility index (Phi) is 9.13. The van der Waals surface area contributed by atoms with E-state index in [9.17, 15) is 14.9 Å². The van der Waals surface area contributed by atoms with Crippen molar-refractivity contribution in [2.75, 3.05) is 17.2 Å². The lowest BCUT2D eigenvalue weighted by atomic mass is 10.1. The SMILES string of the molecule is N#C/C(=C/c1cc(Br)cc(Br)c1OCC(=O)Nc1ccc(Cl)cc1)C(=O)Nc1ccc(Cl)cc1. The molecule has 2 N–H and O–H groups in total. The number of amides is 2. The van der Waals surface area contributed by atoms with Crippen LogP contribution < -0.4 is 15.4 Å². The van der Waals surface area contributed by atoms with Gasteiger partial charge < -0.3 is 15.4 Å². The predicted molar refractivity (Wildman–Crippen MR) is 141 cm³/mol. The molecule has 0 heterocycles. The van der Waals surface area contributed by atoms with E-state index in [1.165, 1.54) is 6.08 Å². The van der Waals surface area contributed by atoms with Crippen LogP contribution in [0.5, 0.6) is 5.75 Å². The normalized spacial score (nSPS) is 10.9. The van der Waals surface area contributed by atoms with E-state index in [-0.39, 0.29) is 12.2 Å². The molecule has 0 fully saturated rings. The summed E-state index contributed by atoms with van der Waals surface area (Å²) in [6.45, 7) is -0.303. The third-order valence-corrected chi connectivity index (χ3v) is 5.83. The van der Waals surface area contributed by atoms with Crippen molar-refractivity contribution in [1.29, 1.82) is 5.26 Å². The van der Waals surface area contributed by atoms with Gasteiger partial charge in [0.25, 0.3) is 11.8 Å². The van der Waals surface area contributed by atoms with Crippen molar-refractivity contribution >= 4 is 84.3 Å². The Morgan fingerprint density at radius 3 is 2.06 bits per heavy atom. The number of hydrogen-bond acceptors (Lipinski definition) is 4. The number of anilines is 2. The Morgan fingerprint density at radius 2 is 1.50 bits per heavy atom. The summed E-state index contributed by atoms with van der Waals surface area (Å²) in [5, 5.41) is 16.0. The summed E-state index contributed by atoms with van der Waals surface area (Å²) in [4.78, 5) is 25.0. The maximum Gasteiger partial charge on any atom is 0.266 e. The summed E-state index contributed by atoms with van der Waals surface area (Å²) in [5.74, 6) is -0.707. The smallest absolute Gasteiger partial charge is 0.266 e. The first-order valence-electron chi connectivity index (χ1n) is 9.61. The fourth-order valence-electron chi connectivity index (χ4n) is 2.74. The fourth-order valence-corrected chi connectivity index (χ4v) is 4.37. The van der Waals surface area contributed by atoms with Crippen molar-refractivity contribution in [1.82, 2.24) is 0 Å². The van der Waals surface area contributed by atoms with Gasteiger partial charge in [0.05, 0.1) is 4.47 Å². The van der Waals surface area contributed by atoms with Gasteiger partial charge in [-0.15, -0.1) is 0 Å². The van der Waals surface area contributed by atoms with Crippen molar-refractivity contribution < 1.29 is 14.3 Å². The van der Waals surface area contributed by atoms with E-state index < -0.39 is 11.8 Å². The monoisotopic (exact) mass is 621 g/mol. The topological polar surface area (TPSA) is 91.2 Å². The zero-order valence-corrected chi connectivity index (χ0v) is 21.9. The van der Waals surface area contributed by atoms with Crippen LogP contribution in [-0.2, 0) is 9.59 Å². The minimum Gasteiger partial charge on any atom is -0.482 e. The standard InChI is InChI=1S/C24H15Br2Cl2N3O3/c25-16-10-14(9-15(12-29)24(33)31-20-7-3-18(28)4-8-20)23(21(26)11-16)34-13-22(32)30-19-5-1-17(27)2-6-19/h1-11H,13H2,(H,30,32)(H,31,33)/b15-9-. The summed E-state index contributed by atoms with van der Waals surface area (Å²) in [6, 6.07) is 18.4. The summed E-state index contributed by atoms with van der Waals surface area (Å²) in [5.41, 5.74) is 1.32. The Morgan fingerprint density at radius 1 is 0.941 bits per heavy atom. The summed E-state index contributed by atoms with van der Waals surface area (Å²) in [6.07, 6.45) is 1.38. The summed E-state index contributed by atoms with van der Waals surface area (Å²) >= 11 is 18.5. The zero-order chi connectivity index (χ0) is 24.7. The summed E-state index contributed by atoms with van der Waals surface area (Å²) < 4.78 is 6.94. The lowest BCUT2D eigenvalue weighted by Crippen LogP contribution is -2.20. The molecule has 0 saturated heterocycles. The van der Waals surface area contributed by atoms with Crippen LogP contribution in [0.2, 0.25) is 10.0 Å². The van der Waals surface area contributed by atoms with E-state index in [1.54, 1.807) is 60.7 Å². The third-order valence-electron chi connectivity index (χ3n) is 4.28. The van der Waals surface area contributed by atoms with E-state index >= 15 is 0 Å². The molecular weight excluding hydrogens is 609 g/mol. The Bertz CT molecular complexity index is 1290. The molecule has 0 aliphatic rings. The number of carbonyl (C=O) groups is 2. The minimum absolute atomic E-state index is 0.157. The number of nitriles is 1. The molecule has 10 heteroatoms. The first kappa shape index (κ1) is 25.8. The molecule has 6 nitrogen and oxygen atoms in total. The van der Waals surface area contributed by atoms with Crippen LogP contribution in [0.15, 0.2) is 75.2 Å². The van der Waals surface area contributed by atoms with Gasteiger partial charge in [0.1, 0.15) is 17.4 Å². The second-order valence-electron chi connectivity index (χ2n) is 6.78. The highest BCUT2D eigenvalue weighted by Crippen LogP contribution is 2.34. The highest BCUT2D eigenvalue weighted by atomic mass is 79.9. The molecule has 0 saturated carbocycles. The van der Waals surface area contributed by atoms with Crippen molar-refractivity contribution in [2.45, 2.75) is 0 Å². The molecule has 0 aliphatic heterocycles. The van der Waals surface area contributed by atoms with E-state index in [2.05, 4.69) is 42.5 Å². The van der Waals surface area contributed by atoms with Gasteiger partial charge in [-0.25, -0.2) is 0 Å². The molecule has 34 heavy (non-hydrogen) atoms. The lowest BCUT2D eigenvalue weighted by molar-refractivity contribution is -0.118. The van der Waals surface area contributed by atoms with Crippen LogP contribution in [0.4, 0.5) is 11.4 Å². The Balaban J connectivity index is 1.79. The number of carbonyl (C=O) groups excluding carboxylic acids is 2. The molecule has 0 bridgehead atoms. The maximum atomic E-state index is 12.6. The van der Waals surface area contributed by atoms with Crippen LogP contribution in [0.25, 0.3) is 6.08 Å². The molecule has 0 aliphatic carbocycles. The molecule has 0 radical (unpaired) electrons. The molecule has 2 amide bonds. The number of nitrogens with zero attached hydrogens (tertiary/aromatic N) is 1. The average molecular weight is 624 g/mol. The maximum absolute atomic E-state index is 12.6. The molecule has 172 valence electrons. The Labute approximate surface area is 222 Å². The number of benzene rings is 3. The van der Waals surface area contributed by atoms with E-state index in [0.717, 1.165) is 0 Å². The molecule has 0 unspecified atom stereocenters. The molecular formula is C24H15Br2Cl2N3O3. The number of ether oxygens (including phenoxy) is 1. The first-order chi connectivity index (χ1) is 16.2. The van der Waals surface area contributed by atoms with E-state index in [4.69, 9.17) is 27.9 Å².